The van der Waals surface area contributed by atoms with Gasteiger partial charge in [0, 0.05) is 18.6 Å². The molecule has 4 heteroatoms. The minimum atomic E-state index is -1.19. The van der Waals surface area contributed by atoms with E-state index in [0.717, 1.165) is 0 Å². The quantitative estimate of drug-likeness (QED) is 0.862. The number of hydrogen-bond acceptors (Lipinski definition) is 3. The second-order valence-corrected chi connectivity index (χ2v) is 5.32. The Kier molecular flexibility index (Phi) is 3.45. The van der Waals surface area contributed by atoms with Crippen LogP contribution in [0.2, 0.25) is 0 Å². The number of ether oxygens (including phenoxy) is 1. The zero-order valence-electron chi connectivity index (χ0n) is 10.9. The lowest BCUT2D eigenvalue weighted by Gasteiger charge is -2.41. The Labute approximate surface area is 107 Å². The van der Waals surface area contributed by atoms with Crippen molar-refractivity contribution in [3.63, 3.8) is 0 Å². The third-order valence-corrected chi connectivity index (χ3v) is 4.26. The third-order valence-electron chi connectivity index (χ3n) is 4.26. The van der Waals surface area contributed by atoms with E-state index in [1.165, 1.54) is 6.07 Å². The van der Waals surface area contributed by atoms with Gasteiger partial charge in [-0.25, -0.2) is 4.39 Å². The maximum atomic E-state index is 13.7. The summed E-state index contributed by atoms with van der Waals surface area (Å²) in [6, 6.07) is 4.83. The predicted octanol–water partition coefficient (Wildman–Crippen LogP) is 1.71. The molecule has 1 saturated heterocycles. The first-order valence-corrected chi connectivity index (χ1v) is 6.20. The zero-order chi connectivity index (χ0) is 13.4. The van der Waals surface area contributed by atoms with Crippen molar-refractivity contribution in [1.29, 1.82) is 0 Å². The molecule has 0 radical (unpaired) electrons. The number of aryl methyl sites for hydroxylation is 1. The molecule has 1 aromatic rings. The molecular weight excluding hydrogens is 233 g/mol. The van der Waals surface area contributed by atoms with Gasteiger partial charge in [-0.05, 0) is 37.5 Å². The highest BCUT2D eigenvalue weighted by Gasteiger charge is 2.49. The Morgan fingerprint density at radius 2 is 2.28 bits per heavy atom. The van der Waals surface area contributed by atoms with Crippen molar-refractivity contribution in [2.24, 2.45) is 11.1 Å². The molecule has 1 aliphatic rings. The van der Waals surface area contributed by atoms with Gasteiger partial charge in [0.1, 0.15) is 5.82 Å². The molecule has 2 atom stereocenters. The lowest BCUT2D eigenvalue weighted by molar-refractivity contribution is -0.0749. The van der Waals surface area contributed by atoms with E-state index in [1.807, 2.05) is 0 Å². The maximum Gasteiger partial charge on any atom is 0.126 e. The van der Waals surface area contributed by atoms with Crippen LogP contribution in [-0.4, -0.2) is 24.9 Å². The fourth-order valence-corrected chi connectivity index (χ4v) is 2.55. The van der Waals surface area contributed by atoms with Gasteiger partial charge in [0.15, 0.2) is 0 Å². The highest BCUT2D eigenvalue weighted by atomic mass is 19.1. The highest BCUT2D eigenvalue weighted by molar-refractivity contribution is 5.30. The Morgan fingerprint density at radius 1 is 1.56 bits per heavy atom. The molecule has 0 amide bonds. The Balaban J connectivity index is 2.42. The van der Waals surface area contributed by atoms with Crippen molar-refractivity contribution in [3.05, 3.63) is 35.1 Å². The van der Waals surface area contributed by atoms with Crippen LogP contribution in [0.4, 0.5) is 4.39 Å². The standard InChI is InChI=1S/C14H20FNO2/c1-10-3-4-11(7-12(10)15)13(2,17)14(8-16)5-6-18-9-14/h3-4,7,17H,5-6,8-9,16H2,1-2H3. The van der Waals surface area contributed by atoms with Crippen molar-refractivity contribution in [2.45, 2.75) is 25.9 Å². The van der Waals surface area contributed by atoms with E-state index in [9.17, 15) is 9.50 Å². The third kappa shape index (κ3) is 1.94. The summed E-state index contributed by atoms with van der Waals surface area (Å²) in [5, 5.41) is 10.8. The molecule has 1 heterocycles. The topological polar surface area (TPSA) is 55.5 Å². The maximum absolute atomic E-state index is 13.7. The molecule has 2 unspecified atom stereocenters. The highest BCUT2D eigenvalue weighted by Crippen LogP contribution is 2.45. The summed E-state index contributed by atoms with van der Waals surface area (Å²) in [7, 11) is 0. The summed E-state index contributed by atoms with van der Waals surface area (Å²) in [6.45, 7) is 4.70. The van der Waals surface area contributed by atoms with Gasteiger partial charge in [0.05, 0.1) is 12.2 Å². The van der Waals surface area contributed by atoms with E-state index in [1.54, 1.807) is 26.0 Å². The number of nitrogens with two attached hydrogens (primary N) is 1. The van der Waals surface area contributed by atoms with Crippen molar-refractivity contribution in [2.75, 3.05) is 19.8 Å². The molecule has 100 valence electrons. The number of aliphatic hydroxyl groups is 1. The molecular formula is C14H20FNO2. The fourth-order valence-electron chi connectivity index (χ4n) is 2.55. The molecule has 0 aliphatic carbocycles. The Bertz CT molecular complexity index is 439. The van der Waals surface area contributed by atoms with E-state index < -0.39 is 11.0 Å². The molecule has 2 rings (SSSR count). The summed E-state index contributed by atoms with van der Waals surface area (Å²) in [5.41, 5.74) is 5.23. The Hall–Kier alpha value is -0.970. The monoisotopic (exact) mass is 253 g/mol. The summed E-state index contributed by atoms with van der Waals surface area (Å²) >= 11 is 0. The molecule has 0 saturated carbocycles. The van der Waals surface area contributed by atoms with E-state index >= 15 is 0 Å². The largest absolute Gasteiger partial charge is 0.385 e. The van der Waals surface area contributed by atoms with Gasteiger partial charge in [-0.3, -0.25) is 0 Å². The van der Waals surface area contributed by atoms with Crippen LogP contribution in [0.5, 0.6) is 0 Å². The van der Waals surface area contributed by atoms with Crippen molar-refractivity contribution in [3.8, 4) is 0 Å². The van der Waals surface area contributed by atoms with Gasteiger partial charge in [0.25, 0.3) is 0 Å². The van der Waals surface area contributed by atoms with Crippen LogP contribution in [0.1, 0.15) is 24.5 Å². The molecule has 0 bridgehead atoms. The molecule has 0 spiro atoms. The van der Waals surface area contributed by atoms with Crippen LogP contribution in [0.25, 0.3) is 0 Å². The van der Waals surface area contributed by atoms with Crippen LogP contribution >= 0.6 is 0 Å². The van der Waals surface area contributed by atoms with Gasteiger partial charge in [-0.15, -0.1) is 0 Å². The summed E-state index contributed by atoms with van der Waals surface area (Å²) in [5.74, 6) is -0.307. The van der Waals surface area contributed by atoms with E-state index in [2.05, 4.69) is 0 Å². The first-order valence-electron chi connectivity index (χ1n) is 6.20. The average Bonchev–Trinajstić information content (AvgIpc) is 2.82. The van der Waals surface area contributed by atoms with Crippen LogP contribution in [-0.2, 0) is 10.3 Å². The van der Waals surface area contributed by atoms with E-state index in [0.29, 0.717) is 37.3 Å². The Morgan fingerprint density at radius 3 is 2.78 bits per heavy atom. The number of hydrogen-bond donors (Lipinski definition) is 2. The zero-order valence-corrected chi connectivity index (χ0v) is 10.9. The fraction of sp³-hybridized carbons (Fsp3) is 0.571. The number of rotatable bonds is 3. The second kappa shape index (κ2) is 4.61. The van der Waals surface area contributed by atoms with Gasteiger partial charge in [-0.1, -0.05) is 12.1 Å². The van der Waals surface area contributed by atoms with Crippen molar-refractivity contribution >= 4 is 0 Å². The van der Waals surface area contributed by atoms with Gasteiger partial charge in [-0.2, -0.15) is 0 Å². The average molecular weight is 253 g/mol. The van der Waals surface area contributed by atoms with Crippen LogP contribution in [0, 0.1) is 18.2 Å². The first-order chi connectivity index (χ1) is 8.43. The molecule has 3 N–H and O–H groups in total. The van der Waals surface area contributed by atoms with Crippen molar-refractivity contribution < 1.29 is 14.2 Å². The minimum absolute atomic E-state index is 0.307. The number of benzene rings is 1. The molecule has 18 heavy (non-hydrogen) atoms. The van der Waals surface area contributed by atoms with Gasteiger partial charge < -0.3 is 15.6 Å². The van der Waals surface area contributed by atoms with Gasteiger partial charge in [0.2, 0.25) is 0 Å². The molecule has 1 fully saturated rings. The van der Waals surface area contributed by atoms with Crippen LogP contribution < -0.4 is 5.73 Å². The lowest BCUT2D eigenvalue weighted by atomic mass is 9.68. The molecule has 3 nitrogen and oxygen atoms in total. The SMILES string of the molecule is Cc1ccc(C(C)(O)C2(CN)CCOC2)cc1F. The molecule has 1 aliphatic heterocycles. The summed E-state index contributed by atoms with van der Waals surface area (Å²) < 4.78 is 19.0. The van der Waals surface area contributed by atoms with Crippen molar-refractivity contribution in [1.82, 2.24) is 0 Å². The predicted molar refractivity (Wildman–Crippen MR) is 67.6 cm³/mol. The molecule has 0 aromatic heterocycles. The van der Waals surface area contributed by atoms with Gasteiger partial charge >= 0.3 is 0 Å². The molecule has 1 aromatic carbocycles. The van der Waals surface area contributed by atoms with E-state index in [4.69, 9.17) is 10.5 Å². The second-order valence-electron chi connectivity index (χ2n) is 5.32. The normalized spacial score (nSPS) is 27.2. The smallest absolute Gasteiger partial charge is 0.126 e. The minimum Gasteiger partial charge on any atom is -0.385 e. The summed E-state index contributed by atoms with van der Waals surface area (Å²) in [6.07, 6.45) is 0.687. The first kappa shape index (κ1) is 13.5. The summed E-state index contributed by atoms with van der Waals surface area (Å²) in [4.78, 5) is 0. The van der Waals surface area contributed by atoms with Crippen LogP contribution in [0.15, 0.2) is 18.2 Å². The van der Waals surface area contributed by atoms with E-state index in [-0.39, 0.29) is 5.82 Å². The lowest BCUT2D eigenvalue weighted by Crippen LogP contribution is -2.49. The number of halogens is 1. The van der Waals surface area contributed by atoms with Crippen LogP contribution in [0.3, 0.4) is 0 Å².